The zero-order valence-electron chi connectivity index (χ0n) is 21.9. The molecule has 40 heavy (non-hydrogen) atoms. The van der Waals surface area contributed by atoms with Crippen LogP contribution in [0.1, 0.15) is 36.2 Å². The summed E-state index contributed by atoms with van der Waals surface area (Å²) in [4.78, 5) is 65.7. The van der Waals surface area contributed by atoms with Gasteiger partial charge in [0.1, 0.15) is 6.04 Å². The van der Waals surface area contributed by atoms with Crippen LogP contribution in [-0.4, -0.2) is 116 Å². The Bertz CT molecular complexity index is 1240. The predicted octanol–water partition coefficient (Wildman–Crippen LogP) is 0.659. The highest BCUT2D eigenvalue weighted by molar-refractivity contribution is 5.96. The van der Waals surface area contributed by atoms with E-state index in [0.717, 1.165) is 12.8 Å². The largest absolute Gasteiger partial charge is 0.481 e. The van der Waals surface area contributed by atoms with Crippen molar-refractivity contribution in [1.82, 2.24) is 29.8 Å². The average molecular weight is 557 g/mol. The second kappa shape index (κ2) is 13.0. The van der Waals surface area contributed by atoms with Crippen molar-refractivity contribution < 1.29 is 38.9 Å². The number of rotatable bonds is 10. The molecule has 0 saturated carbocycles. The molecule has 2 fully saturated rings. The van der Waals surface area contributed by atoms with E-state index < -0.39 is 29.9 Å². The van der Waals surface area contributed by atoms with Crippen molar-refractivity contribution in [2.24, 2.45) is 0 Å². The number of carboxylic acids is 1. The summed E-state index contributed by atoms with van der Waals surface area (Å²) in [5.74, 6) is -2.38. The SMILES string of the molecule is O=C(O)CC[C@H](NC(=O)c1cc(OCC(=O)N2CCCC2)n(-c2ccccc2)n1)C(=O)N1CCN(C(=O)O)CC1. The molecule has 0 radical (unpaired) electrons. The molecule has 0 spiro atoms. The number of aliphatic carboxylic acids is 1. The highest BCUT2D eigenvalue weighted by Gasteiger charge is 2.31. The van der Waals surface area contributed by atoms with Gasteiger partial charge in [0.05, 0.1) is 5.69 Å². The molecule has 2 saturated heterocycles. The molecule has 4 amide bonds. The van der Waals surface area contributed by atoms with E-state index in [1.807, 2.05) is 6.07 Å². The quantitative estimate of drug-likeness (QED) is 0.380. The number of carbonyl (C=O) groups excluding carboxylic acids is 3. The molecule has 4 rings (SSSR count). The van der Waals surface area contributed by atoms with Crippen LogP contribution in [0.2, 0.25) is 0 Å². The average Bonchev–Trinajstić information content (AvgIpc) is 3.65. The van der Waals surface area contributed by atoms with Gasteiger partial charge in [-0.1, -0.05) is 18.2 Å². The molecule has 214 valence electrons. The summed E-state index contributed by atoms with van der Waals surface area (Å²) in [7, 11) is 0. The Kier molecular flexibility index (Phi) is 9.19. The number of nitrogens with zero attached hydrogens (tertiary/aromatic N) is 5. The Hall–Kier alpha value is -4.62. The second-order valence-corrected chi connectivity index (χ2v) is 9.55. The van der Waals surface area contributed by atoms with Crippen LogP contribution < -0.4 is 10.1 Å². The van der Waals surface area contributed by atoms with Gasteiger partial charge in [0.15, 0.2) is 12.3 Å². The number of hydrogen-bond donors (Lipinski definition) is 3. The minimum Gasteiger partial charge on any atom is -0.481 e. The van der Waals surface area contributed by atoms with E-state index in [0.29, 0.717) is 18.8 Å². The molecule has 3 N–H and O–H groups in total. The van der Waals surface area contributed by atoms with Gasteiger partial charge in [0, 0.05) is 51.8 Å². The van der Waals surface area contributed by atoms with Crippen molar-refractivity contribution in [1.29, 1.82) is 0 Å². The molecule has 0 aliphatic carbocycles. The second-order valence-electron chi connectivity index (χ2n) is 9.55. The molecule has 3 heterocycles. The first-order valence-corrected chi connectivity index (χ1v) is 13.1. The molecule has 2 aliphatic rings. The third-order valence-corrected chi connectivity index (χ3v) is 6.82. The lowest BCUT2D eigenvalue weighted by molar-refractivity contribution is -0.138. The molecule has 2 aliphatic heterocycles. The van der Waals surface area contributed by atoms with E-state index in [9.17, 15) is 29.1 Å². The van der Waals surface area contributed by atoms with E-state index in [-0.39, 0.29) is 63.1 Å². The van der Waals surface area contributed by atoms with E-state index in [1.165, 1.54) is 20.5 Å². The van der Waals surface area contributed by atoms with Crippen molar-refractivity contribution in [3.63, 3.8) is 0 Å². The summed E-state index contributed by atoms with van der Waals surface area (Å²) in [5, 5.41) is 25.3. The Morgan fingerprint density at radius 1 is 0.900 bits per heavy atom. The van der Waals surface area contributed by atoms with Crippen LogP contribution in [0.3, 0.4) is 0 Å². The normalized spacial score (nSPS) is 15.9. The van der Waals surface area contributed by atoms with Crippen LogP contribution in [0.15, 0.2) is 36.4 Å². The highest BCUT2D eigenvalue weighted by atomic mass is 16.5. The van der Waals surface area contributed by atoms with E-state index >= 15 is 0 Å². The summed E-state index contributed by atoms with van der Waals surface area (Å²) < 4.78 is 7.16. The van der Waals surface area contributed by atoms with Gasteiger partial charge in [-0.05, 0) is 31.4 Å². The standard InChI is InChI=1S/C26H32N6O8/c33-21(29-10-4-5-11-29)17-40-22-16-20(28-32(22)18-6-2-1-3-7-18)24(36)27-19(8-9-23(34)35)25(37)30-12-14-31(15-13-30)26(38)39/h1-3,6-7,16,19H,4-5,8-15,17H2,(H,27,36)(H,34,35)(H,38,39)/t19-/m0/s1. The summed E-state index contributed by atoms with van der Waals surface area (Å²) in [6.45, 7) is 1.57. The fourth-order valence-corrected chi connectivity index (χ4v) is 4.62. The molecule has 14 heteroatoms. The molecular weight excluding hydrogens is 524 g/mol. The van der Waals surface area contributed by atoms with Crippen LogP contribution in [0, 0.1) is 0 Å². The molecule has 0 unspecified atom stereocenters. The molecule has 0 bridgehead atoms. The third-order valence-electron chi connectivity index (χ3n) is 6.82. The van der Waals surface area contributed by atoms with Crippen molar-refractivity contribution in [2.75, 3.05) is 45.9 Å². The predicted molar refractivity (Wildman–Crippen MR) is 139 cm³/mol. The topological polar surface area (TPSA) is 175 Å². The number of aromatic nitrogens is 2. The number of para-hydroxylation sites is 1. The number of carbonyl (C=O) groups is 5. The number of piperazine rings is 1. The first-order valence-electron chi connectivity index (χ1n) is 13.1. The van der Waals surface area contributed by atoms with E-state index in [4.69, 9.17) is 9.84 Å². The van der Waals surface area contributed by atoms with Gasteiger partial charge in [-0.25, -0.2) is 9.48 Å². The van der Waals surface area contributed by atoms with E-state index in [2.05, 4.69) is 10.4 Å². The monoisotopic (exact) mass is 556 g/mol. The lowest BCUT2D eigenvalue weighted by atomic mass is 10.1. The Morgan fingerprint density at radius 2 is 1.55 bits per heavy atom. The lowest BCUT2D eigenvalue weighted by Gasteiger charge is -2.35. The fraction of sp³-hybridized carbons (Fsp3) is 0.462. The molecule has 1 atom stereocenters. The summed E-state index contributed by atoms with van der Waals surface area (Å²) in [6.07, 6.45) is 0.268. The number of likely N-dealkylation sites (tertiary alicyclic amines) is 1. The number of hydrogen-bond acceptors (Lipinski definition) is 7. The van der Waals surface area contributed by atoms with Crippen molar-refractivity contribution >= 4 is 29.8 Å². The molecule has 1 aromatic carbocycles. The number of carboxylic acid groups (broad SMARTS) is 2. The van der Waals surface area contributed by atoms with Gasteiger partial charge < -0.3 is 35.0 Å². The minimum atomic E-state index is -1.16. The van der Waals surface area contributed by atoms with Crippen LogP contribution in [0.25, 0.3) is 5.69 Å². The van der Waals surface area contributed by atoms with Gasteiger partial charge in [0.25, 0.3) is 11.8 Å². The zero-order chi connectivity index (χ0) is 28.6. The van der Waals surface area contributed by atoms with Gasteiger partial charge >= 0.3 is 12.1 Å². The van der Waals surface area contributed by atoms with Crippen LogP contribution >= 0.6 is 0 Å². The maximum atomic E-state index is 13.3. The summed E-state index contributed by atoms with van der Waals surface area (Å²) in [6, 6.07) is 9.07. The van der Waals surface area contributed by atoms with Crippen LogP contribution in [0.5, 0.6) is 5.88 Å². The van der Waals surface area contributed by atoms with E-state index in [1.54, 1.807) is 29.2 Å². The molecule has 1 aromatic heterocycles. The van der Waals surface area contributed by atoms with Crippen molar-refractivity contribution in [3.05, 3.63) is 42.1 Å². The molecule has 14 nitrogen and oxygen atoms in total. The fourth-order valence-electron chi connectivity index (χ4n) is 4.62. The maximum absolute atomic E-state index is 13.3. The Morgan fingerprint density at radius 3 is 2.17 bits per heavy atom. The van der Waals surface area contributed by atoms with Gasteiger partial charge in [-0.3, -0.25) is 19.2 Å². The van der Waals surface area contributed by atoms with Crippen molar-refractivity contribution in [3.8, 4) is 11.6 Å². The summed E-state index contributed by atoms with van der Waals surface area (Å²) >= 11 is 0. The van der Waals surface area contributed by atoms with Crippen LogP contribution in [0.4, 0.5) is 4.79 Å². The summed E-state index contributed by atoms with van der Waals surface area (Å²) in [5.41, 5.74) is 0.497. The van der Waals surface area contributed by atoms with Gasteiger partial charge in [0.2, 0.25) is 11.8 Å². The third kappa shape index (κ3) is 7.07. The van der Waals surface area contributed by atoms with Gasteiger partial charge in [-0.2, -0.15) is 5.10 Å². The van der Waals surface area contributed by atoms with Crippen LogP contribution in [-0.2, 0) is 14.4 Å². The maximum Gasteiger partial charge on any atom is 0.407 e. The highest BCUT2D eigenvalue weighted by Crippen LogP contribution is 2.21. The molecular formula is C26H32N6O8. The number of benzene rings is 1. The minimum absolute atomic E-state index is 0.0868. The number of amides is 4. The zero-order valence-corrected chi connectivity index (χ0v) is 21.9. The lowest BCUT2D eigenvalue weighted by Crippen LogP contribution is -2.55. The molecule has 2 aromatic rings. The first kappa shape index (κ1) is 28.4. The van der Waals surface area contributed by atoms with Gasteiger partial charge in [-0.15, -0.1) is 0 Å². The Labute approximate surface area is 230 Å². The number of nitrogens with one attached hydrogen (secondary N) is 1. The van der Waals surface area contributed by atoms with Crippen molar-refractivity contribution in [2.45, 2.75) is 31.7 Å². The smallest absolute Gasteiger partial charge is 0.407 e. The number of ether oxygens (including phenoxy) is 1. The first-order chi connectivity index (χ1) is 19.2. The Balaban J connectivity index is 1.50.